The predicted molar refractivity (Wildman–Crippen MR) is 120 cm³/mol. The SMILES string of the molecule is CC#N.CC[C@@H]1C(N)=Nc2cnc(-c3ccncc3CNSC)nc2N1C(C)C. The van der Waals surface area contributed by atoms with Gasteiger partial charge in [0.05, 0.1) is 18.3 Å². The van der Waals surface area contributed by atoms with Gasteiger partial charge in [0.15, 0.2) is 11.6 Å². The van der Waals surface area contributed by atoms with Crippen molar-refractivity contribution in [2.75, 3.05) is 11.2 Å². The predicted octanol–water partition coefficient (Wildman–Crippen LogP) is 3.43. The Morgan fingerprint density at radius 2 is 2.10 bits per heavy atom. The highest BCUT2D eigenvalue weighted by Gasteiger charge is 2.31. The average molecular weight is 413 g/mol. The van der Waals surface area contributed by atoms with Gasteiger partial charge in [-0.2, -0.15) is 5.26 Å². The molecule has 8 nitrogen and oxygen atoms in total. The number of nitriles is 1. The zero-order valence-corrected chi connectivity index (χ0v) is 18.4. The van der Waals surface area contributed by atoms with Crippen molar-refractivity contribution in [1.82, 2.24) is 19.7 Å². The molecule has 29 heavy (non-hydrogen) atoms. The van der Waals surface area contributed by atoms with Crippen molar-refractivity contribution in [2.45, 2.75) is 52.7 Å². The molecule has 3 rings (SSSR count). The Morgan fingerprint density at radius 3 is 2.72 bits per heavy atom. The number of nitrogens with one attached hydrogen (secondary N) is 1. The molecule has 0 saturated heterocycles. The molecule has 0 fully saturated rings. The van der Waals surface area contributed by atoms with E-state index in [2.05, 4.69) is 45.4 Å². The van der Waals surface area contributed by atoms with Gasteiger partial charge in [0.2, 0.25) is 0 Å². The minimum atomic E-state index is 0.0559. The van der Waals surface area contributed by atoms with Crippen molar-refractivity contribution in [3.05, 3.63) is 30.2 Å². The standard InChI is InChI=1S/C18H25N7S.C2H3N/c1-5-15-16(19)23-14-10-21-17(24-18(14)25(15)11(2)3)13-6-7-20-8-12(13)9-22-26-4;1-2-3/h6-8,10-11,15,22H,5,9H2,1-4H3,(H2,19,23);1H3/t15-;/m1./s1. The van der Waals surface area contributed by atoms with Crippen LogP contribution in [-0.2, 0) is 6.54 Å². The highest BCUT2D eigenvalue weighted by Crippen LogP contribution is 2.35. The van der Waals surface area contributed by atoms with Crippen LogP contribution in [0.15, 0.2) is 29.6 Å². The molecule has 2 aromatic rings. The third kappa shape index (κ3) is 5.22. The molecule has 0 aliphatic carbocycles. The fourth-order valence-electron chi connectivity index (χ4n) is 3.22. The Kier molecular flexibility index (Phi) is 8.36. The lowest BCUT2D eigenvalue weighted by Gasteiger charge is -2.38. The second-order valence-corrected chi connectivity index (χ2v) is 7.34. The number of amidine groups is 1. The number of nitrogens with zero attached hydrogens (tertiary/aromatic N) is 6. The Morgan fingerprint density at radius 1 is 1.38 bits per heavy atom. The molecule has 0 saturated carbocycles. The molecule has 9 heteroatoms. The third-order valence-corrected chi connectivity index (χ3v) is 4.85. The van der Waals surface area contributed by atoms with Gasteiger partial charge in [-0.1, -0.05) is 18.9 Å². The number of hydrogen-bond donors (Lipinski definition) is 2. The molecule has 1 aliphatic rings. The lowest BCUT2D eigenvalue weighted by molar-refractivity contribution is 0.602. The Hall–Kier alpha value is -2.70. The highest BCUT2D eigenvalue weighted by atomic mass is 32.2. The molecule has 1 atom stereocenters. The van der Waals surface area contributed by atoms with E-state index < -0.39 is 0 Å². The van der Waals surface area contributed by atoms with E-state index >= 15 is 0 Å². The molecule has 3 N–H and O–H groups in total. The van der Waals surface area contributed by atoms with E-state index in [0.29, 0.717) is 18.2 Å². The summed E-state index contributed by atoms with van der Waals surface area (Å²) in [6, 6.07) is 4.02. The van der Waals surface area contributed by atoms with Crippen LogP contribution in [0.3, 0.4) is 0 Å². The van der Waals surface area contributed by atoms with Crippen LogP contribution >= 0.6 is 11.9 Å². The zero-order chi connectivity index (χ0) is 21.4. The largest absolute Gasteiger partial charge is 0.385 e. The number of anilines is 1. The fourth-order valence-corrected chi connectivity index (χ4v) is 3.52. The minimum Gasteiger partial charge on any atom is -0.385 e. The number of aliphatic imine (C=N–C) groups is 1. The Bertz CT molecular complexity index is 890. The van der Waals surface area contributed by atoms with E-state index in [4.69, 9.17) is 16.0 Å². The van der Waals surface area contributed by atoms with Crippen LogP contribution in [0, 0.1) is 11.3 Å². The molecule has 1 aliphatic heterocycles. The van der Waals surface area contributed by atoms with E-state index in [9.17, 15) is 0 Å². The summed E-state index contributed by atoms with van der Waals surface area (Å²) in [5.41, 5.74) is 8.95. The van der Waals surface area contributed by atoms with Crippen molar-refractivity contribution in [2.24, 2.45) is 10.7 Å². The Labute approximate surface area is 176 Å². The molecule has 0 spiro atoms. The monoisotopic (exact) mass is 412 g/mol. The fraction of sp³-hybridized carbons (Fsp3) is 0.450. The van der Waals surface area contributed by atoms with Gasteiger partial charge in [0, 0.05) is 37.5 Å². The average Bonchev–Trinajstić information content (AvgIpc) is 2.71. The van der Waals surface area contributed by atoms with Crippen molar-refractivity contribution in [3.63, 3.8) is 0 Å². The summed E-state index contributed by atoms with van der Waals surface area (Å²) < 4.78 is 3.26. The van der Waals surface area contributed by atoms with Crippen LogP contribution < -0.4 is 15.4 Å². The first-order valence-corrected chi connectivity index (χ1v) is 10.7. The van der Waals surface area contributed by atoms with Crippen LogP contribution in [0.25, 0.3) is 11.4 Å². The third-order valence-electron chi connectivity index (χ3n) is 4.42. The van der Waals surface area contributed by atoms with Crippen LogP contribution in [0.2, 0.25) is 0 Å². The number of aromatic nitrogens is 3. The molecular weight excluding hydrogens is 384 g/mol. The van der Waals surface area contributed by atoms with Crippen molar-refractivity contribution in [3.8, 4) is 17.5 Å². The summed E-state index contributed by atoms with van der Waals surface area (Å²) >= 11 is 1.57. The van der Waals surface area contributed by atoms with Crippen molar-refractivity contribution >= 4 is 29.3 Å². The molecule has 2 aromatic heterocycles. The van der Waals surface area contributed by atoms with Crippen LogP contribution in [0.1, 0.15) is 39.7 Å². The van der Waals surface area contributed by atoms with Gasteiger partial charge in [-0.15, -0.1) is 0 Å². The maximum atomic E-state index is 7.32. The highest BCUT2D eigenvalue weighted by molar-refractivity contribution is 7.96. The first-order valence-electron chi connectivity index (χ1n) is 9.47. The maximum Gasteiger partial charge on any atom is 0.162 e. The second kappa shape index (κ2) is 10.7. The van der Waals surface area contributed by atoms with E-state index in [1.165, 1.54) is 6.92 Å². The summed E-state index contributed by atoms with van der Waals surface area (Å²) in [7, 11) is 0. The van der Waals surface area contributed by atoms with E-state index in [0.717, 1.165) is 29.1 Å². The van der Waals surface area contributed by atoms with Gasteiger partial charge in [-0.25, -0.2) is 15.0 Å². The summed E-state index contributed by atoms with van der Waals surface area (Å²) in [6.45, 7) is 8.53. The summed E-state index contributed by atoms with van der Waals surface area (Å²) in [4.78, 5) is 20.4. The van der Waals surface area contributed by atoms with Crippen LogP contribution in [0.5, 0.6) is 0 Å². The number of rotatable bonds is 6. The summed E-state index contributed by atoms with van der Waals surface area (Å²) in [5, 5.41) is 7.32. The van der Waals surface area contributed by atoms with Gasteiger partial charge in [0.25, 0.3) is 0 Å². The quantitative estimate of drug-likeness (QED) is 0.693. The lowest BCUT2D eigenvalue weighted by Crippen LogP contribution is -2.50. The van der Waals surface area contributed by atoms with Crippen molar-refractivity contribution < 1.29 is 0 Å². The molecule has 0 amide bonds. The summed E-state index contributed by atoms with van der Waals surface area (Å²) in [6.07, 6.45) is 8.26. The smallest absolute Gasteiger partial charge is 0.162 e. The first kappa shape index (κ1) is 22.6. The molecule has 0 aromatic carbocycles. The van der Waals surface area contributed by atoms with Gasteiger partial charge in [0.1, 0.15) is 11.5 Å². The van der Waals surface area contributed by atoms with Crippen LogP contribution in [0.4, 0.5) is 11.5 Å². The normalized spacial score (nSPS) is 15.1. The number of pyridine rings is 1. The van der Waals surface area contributed by atoms with Gasteiger partial charge < -0.3 is 10.6 Å². The summed E-state index contributed by atoms with van der Waals surface area (Å²) in [5.74, 6) is 2.14. The first-order chi connectivity index (χ1) is 14.0. The maximum absolute atomic E-state index is 7.32. The number of hydrogen-bond acceptors (Lipinski definition) is 9. The molecule has 3 heterocycles. The van der Waals surface area contributed by atoms with Crippen molar-refractivity contribution in [1.29, 1.82) is 5.26 Å². The van der Waals surface area contributed by atoms with Gasteiger partial charge >= 0.3 is 0 Å². The second-order valence-electron chi connectivity index (χ2n) is 6.65. The molecule has 0 radical (unpaired) electrons. The van der Waals surface area contributed by atoms with Gasteiger partial charge in [-0.3, -0.25) is 9.71 Å². The molecule has 0 unspecified atom stereocenters. The molecular formula is C20H28N8S. The number of fused-ring (bicyclic) bond motifs is 1. The van der Waals surface area contributed by atoms with Crippen LogP contribution in [-0.4, -0.2) is 39.1 Å². The minimum absolute atomic E-state index is 0.0559. The number of nitrogens with two attached hydrogens (primary N) is 1. The van der Waals surface area contributed by atoms with E-state index in [1.807, 2.05) is 18.5 Å². The Balaban J connectivity index is 0.000000941. The zero-order valence-electron chi connectivity index (χ0n) is 17.5. The molecule has 154 valence electrons. The van der Waals surface area contributed by atoms with Gasteiger partial charge in [-0.05, 0) is 38.2 Å². The topological polar surface area (TPSA) is 116 Å². The van der Waals surface area contributed by atoms with E-state index in [-0.39, 0.29) is 12.1 Å². The lowest BCUT2D eigenvalue weighted by atomic mass is 10.1. The van der Waals surface area contributed by atoms with E-state index in [1.54, 1.807) is 30.4 Å². The molecule has 0 bridgehead atoms.